The van der Waals surface area contributed by atoms with Gasteiger partial charge in [0.05, 0.1) is 17.1 Å². The number of ketones is 1. The SMILES string of the molecule is Cn1c(-c2cccc(Br)c2)c[n+](CC(=O)c2ccc(Cl)c(Cl)c2)c1N. The molecule has 0 saturated carbocycles. The molecule has 3 aromatic rings. The molecule has 0 radical (unpaired) electrons. The fourth-order valence-corrected chi connectivity index (χ4v) is 3.27. The maximum Gasteiger partial charge on any atom is 0.355 e. The van der Waals surface area contributed by atoms with Gasteiger partial charge in [-0.1, -0.05) is 51.3 Å². The van der Waals surface area contributed by atoms with E-state index in [9.17, 15) is 4.79 Å². The van der Waals surface area contributed by atoms with Crippen molar-refractivity contribution in [2.24, 2.45) is 7.05 Å². The Morgan fingerprint density at radius 1 is 1.20 bits per heavy atom. The summed E-state index contributed by atoms with van der Waals surface area (Å²) in [5.74, 6) is 0.394. The molecule has 0 spiro atoms. The molecule has 2 aromatic carbocycles. The average Bonchev–Trinajstić information content (AvgIpc) is 2.86. The summed E-state index contributed by atoms with van der Waals surface area (Å²) in [7, 11) is 1.87. The number of nitrogens with two attached hydrogens (primary N) is 1. The molecule has 4 nitrogen and oxygen atoms in total. The lowest BCUT2D eigenvalue weighted by molar-refractivity contribution is -0.667. The molecule has 0 saturated heterocycles. The fourth-order valence-electron chi connectivity index (χ4n) is 2.57. The van der Waals surface area contributed by atoms with Crippen LogP contribution in [0.15, 0.2) is 53.1 Å². The number of Topliss-reactive ketones (excluding diaryl/α,β-unsaturated/α-hetero) is 1. The Balaban J connectivity index is 1.92. The zero-order valence-corrected chi connectivity index (χ0v) is 16.4. The summed E-state index contributed by atoms with van der Waals surface area (Å²) in [6.07, 6.45) is 1.87. The van der Waals surface area contributed by atoms with Gasteiger partial charge >= 0.3 is 5.95 Å². The van der Waals surface area contributed by atoms with Gasteiger partial charge < -0.3 is 0 Å². The number of carbonyl (C=O) groups excluding carboxylic acids is 1. The normalized spacial score (nSPS) is 10.9. The molecule has 0 aliphatic heterocycles. The third kappa shape index (κ3) is 3.73. The van der Waals surface area contributed by atoms with Crippen LogP contribution in [0.3, 0.4) is 0 Å². The third-order valence-corrected chi connectivity index (χ3v) is 5.19. The molecule has 1 aromatic heterocycles. The molecule has 0 fully saturated rings. The van der Waals surface area contributed by atoms with E-state index < -0.39 is 0 Å². The monoisotopic (exact) mass is 438 g/mol. The number of nitrogens with zero attached hydrogens (tertiary/aromatic N) is 2. The van der Waals surface area contributed by atoms with Crippen molar-refractivity contribution in [3.8, 4) is 11.3 Å². The van der Waals surface area contributed by atoms with E-state index in [-0.39, 0.29) is 12.3 Å². The van der Waals surface area contributed by atoms with Gasteiger partial charge in [0, 0.05) is 15.6 Å². The maximum absolute atomic E-state index is 12.5. The van der Waals surface area contributed by atoms with Crippen LogP contribution in [-0.2, 0) is 13.6 Å². The number of halogens is 3. The smallest absolute Gasteiger partial charge is 0.291 e. The number of aromatic nitrogens is 2. The Kier molecular flexibility index (Phi) is 5.18. The number of carbonyl (C=O) groups is 1. The number of anilines is 1. The Bertz CT molecular complexity index is 969. The minimum Gasteiger partial charge on any atom is -0.291 e. The van der Waals surface area contributed by atoms with Crippen molar-refractivity contribution in [3.63, 3.8) is 0 Å². The molecule has 2 N–H and O–H groups in total. The Morgan fingerprint density at radius 2 is 1.96 bits per heavy atom. The molecule has 0 atom stereocenters. The van der Waals surface area contributed by atoms with Crippen molar-refractivity contribution in [1.82, 2.24) is 4.57 Å². The van der Waals surface area contributed by atoms with Gasteiger partial charge in [0.25, 0.3) is 0 Å². The van der Waals surface area contributed by atoms with Gasteiger partial charge in [0.1, 0.15) is 18.4 Å². The number of rotatable bonds is 4. The minimum atomic E-state index is -0.0957. The number of hydrogen-bond acceptors (Lipinski definition) is 2. The first-order chi connectivity index (χ1) is 11.9. The predicted octanol–water partition coefficient (Wildman–Crippen LogP) is 4.51. The molecular weight excluding hydrogens is 425 g/mol. The summed E-state index contributed by atoms with van der Waals surface area (Å²) in [5, 5.41) is 0.774. The third-order valence-electron chi connectivity index (χ3n) is 3.95. The van der Waals surface area contributed by atoms with Gasteiger partial charge in [-0.3, -0.25) is 10.5 Å². The summed E-state index contributed by atoms with van der Waals surface area (Å²) in [6.45, 7) is 0.117. The van der Waals surface area contributed by atoms with Gasteiger partial charge in [0.15, 0.2) is 5.78 Å². The highest BCUT2D eigenvalue weighted by molar-refractivity contribution is 9.10. The molecule has 0 amide bonds. The number of nitrogen functional groups attached to an aromatic ring is 1. The molecule has 7 heteroatoms. The summed E-state index contributed by atoms with van der Waals surface area (Å²) in [6, 6.07) is 12.7. The van der Waals surface area contributed by atoms with Crippen molar-refractivity contribution >= 4 is 50.9 Å². The molecule has 128 valence electrons. The van der Waals surface area contributed by atoms with E-state index in [0.29, 0.717) is 21.6 Å². The lowest BCUT2D eigenvalue weighted by atomic mass is 10.1. The number of hydrogen-bond donors (Lipinski definition) is 1. The first-order valence-electron chi connectivity index (χ1n) is 7.45. The summed E-state index contributed by atoms with van der Waals surface area (Å²) in [5.41, 5.74) is 8.59. The zero-order chi connectivity index (χ0) is 18.1. The first kappa shape index (κ1) is 18.0. The summed E-state index contributed by atoms with van der Waals surface area (Å²) < 4.78 is 4.55. The van der Waals surface area contributed by atoms with Crippen LogP contribution in [0.4, 0.5) is 5.95 Å². The predicted molar refractivity (Wildman–Crippen MR) is 104 cm³/mol. The highest BCUT2D eigenvalue weighted by Gasteiger charge is 2.20. The van der Waals surface area contributed by atoms with Gasteiger partial charge in [-0.2, -0.15) is 0 Å². The van der Waals surface area contributed by atoms with E-state index in [2.05, 4.69) is 15.9 Å². The van der Waals surface area contributed by atoms with E-state index in [1.807, 2.05) is 42.1 Å². The first-order valence-corrected chi connectivity index (χ1v) is 9.00. The summed E-state index contributed by atoms with van der Waals surface area (Å²) >= 11 is 15.4. The van der Waals surface area contributed by atoms with Gasteiger partial charge in [-0.05, 0) is 30.3 Å². The average molecular weight is 440 g/mol. The Labute approximate surface area is 163 Å². The highest BCUT2D eigenvalue weighted by atomic mass is 79.9. The van der Waals surface area contributed by atoms with E-state index >= 15 is 0 Å². The number of benzene rings is 2. The van der Waals surface area contributed by atoms with Gasteiger partial charge in [-0.25, -0.2) is 9.13 Å². The highest BCUT2D eigenvalue weighted by Crippen LogP contribution is 2.24. The lowest BCUT2D eigenvalue weighted by Gasteiger charge is -2.02. The van der Waals surface area contributed by atoms with E-state index in [1.165, 1.54) is 0 Å². The minimum absolute atomic E-state index is 0.0957. The van der Waals surface area contributed by atoms with Gasteiger partial charge in [0.2, 0.25) is 0 Å². The topological polar surface area (TPSA) is 51.9 Å². The molecule has 0 bridgehead atoms. The Morgan fingerprint density at radius 3 is 2.64 bits per heavy atom. The quantitative estimate of drug-likeness (QED) is 0.480. The van der Waals surface area contributed by atoms with Gasteiger partial charge in [-0.15, -0.1) is 0 Å². The van der Waals surface area contributed by atoms with Crippen molar-refractivity contribution in [3.05, 3.63) is 68.7 Å². The second-order valence-corrected chi connectivity index (χ2v) is 7.35. The molecule has 0 unspecified atom stereocenters. The fraction of sp³-hybridized carbons (Fsp3) is 0.111. The van der Waals surface area contributed by atoms with Crippen LogP contribution in [-0.4, -0.2) is 10.4 Å². The van der Waals surface area contributed by atoms with E-state index in [4.69, 9.17) is 28.9 Å². The van der Waals surface area contributed by atoms with E-state index in [1.54, 1.807) is 22.8 Å². The second-order valence-electron chi connectivity index (χ2n) is 5.62. The van der Waals surface area contributed by atoms with Crippen LogP contribution in [0.25, 0.3) is 11.3 Å². The molecule has 1 heterocycles. The van der Waals surface area contributed by atoms with Crippen LogP contribution in [0.5, 0.6) is 0 Å². The zero-order valence-electron chi connectivity index (χ0n) is 13.3. The van der Waals surface area contributed by atoms with Crippen molar-refractivity contribution in [2.75, 3.05) is 5.73 Å². The lowest BCUT2D eigenvalue weighted by Crippen LogP contribution is -2.39. The molecule has 3 rings (SSSR count). The second kappa shape index (κ2) is 7.20. The number of imidazole rings is 1. The van der Waals surface area contributed by atoms with Crippen molar-refractivity contribution < 1.29 is 9.36 Å². The van der Waals surface area contributed by atoms with Crippen molar-refractivity contribution in [2.45, 2.75) is 6.54 Å². The van der Waals surface area contributed by atoms with Crippen LogP contribution in [0.2, 0.25) is 10.0 Å². The summed E-state index contributed by atoms with van der Waals surface area (Å²) in [4.78, 5) is 12.5. The van der Waals surface area contributed by atoms with Crippen LogP contribution in [0.1, 0.15) is 10.4 Å². The Hall–Kier alpha value is -1.82. The van der Waals surface area contributed by atoms with E-state index in [0.717, 1.165) is 15.7 Å². The largest absolute Gasteiger partial charge is 0.355 e. The molecular formula is C18H15BrCl2N3O+. The molecule has 0 aliphatic rings. The van der Waals surface area contributed by atoms with Crippen LogP contribution in [0, 0.1) is 0 Å². The maximum atomic E-state index is 12.5. The van der Waals surface area contributed by atoms with Crippen LogP contribution >= 0.6 is 39.1 Å². The standard InChI is InChI=1S/C18H14BrCl2N3O/c1-23-16(11-3-2-4-13(19)7-11)9-24(18(23)22)10-17(25)12-5-6-14(20)15(21)8-12/h2-9,22H,10H2,1H3/p+1. The van der Waals surface area contributed by atoms with Crippen molar-refractivity contribution in [1.29, 1.82) is 0 Å². The molecule has 0 aliphatic carbocycles. The molecule has 25 heavy (non-hydrogen) atoms. The van der Waals surface area contributed by atoms with Crippen LogP contribution < -0.4 is 10.3 Å².